The smallest absolute Gasteiger partial charge is 0.339 e. The Morgan fingerprint density at radius 2 is 0.906 bits per heavy atom. The van der Waals surface area contributed by atoms with E-state index in [1.807, 2.05) is 0 Å². The zero-order chi connectivity index (χ0) is 26.8. The number of carbonyl (C=O) groups excluding carboxylic acids is 2. The van der Waals surface area contributed by atoms with Crippen molar-refractivity contribution in [2.75, 3.05) is 13.2 Å². The maximum atomic E-state index is 12.8. The zero-order valence-corrected chi connectivity index (χ0v) is 20.4. The average Bonchev–Trinajstić information content (AvgIpc) is 2.87. The number of hydrogen-bond donors (Lipinski definition) is 0. The topological polar surface area (TPSA) is 52.6 Å². The molecular formula is C28H46O4. The molecule has 0 atom stereocenters. The minimum atomic E-state index is -0.913. The van der Waals surface area contributed by atoms with Crippen molar-refractivity contribution in [1.29, 1.82) is 0 Å². The Hall–Kier alpha value is -1.84. The van der Waals surface area contributed by atoms with Crippen LogP contribution in [0.2, 0.25) is 0 Å². The van der Waals surface area contributed by atoms with Crippen molar-refractivity contribution in [3.8, 4) is 0 Å². The van der Waals surface area contributed by atoms with Gasteiger partial charge >= 0.3 is 11.9 Å². The Morgan fingerprint density at radius 1 is 0.594 bits per heavy atom. The van der Waals surface area contributed by atoms with Crippen molar-refractivity contribution in [3.05, 3.63) is 35.3 Å². The number of unbranched alkanes of at least 4 members (excludes halogenated alkanes) is 14. The lowest BCUT2D eigenvalue weighted by atomic mass is 10.1. The van der Waals surface area contributed by atoms with Crippen molar-refractivity contribution in [1.82, 2.24) is 0 Å². The maximum Gasteiger partial charge on any atom is 0.339 e. The van der Waals surface area contributed by atoms with Crippen molar-refractivity contribution in [3.63, 3.8) is 0 Å². The lowest BCUT2D eigenvalue weighted by Crippen LogP contribution is -2.15. The van der Waals surface area contributed by atoms with Crippen LogP contribution in [-0.4, -0.2) is 25.2 Å². The third-order valence-corrected chi connectivity index (χ3v) is 5.56. The molecule has 1 aromatic rings. The molecule has 32 heavy (non-hydrogen) atoms. The number of ether oxygens (including phenoxy) is 2. The Kier molecular flexibility index (Phi) is 13.6. The van der Waals surface area contributed by atoms with Gasteiger partial charge in [-0.05, 0) is 24.9 Å². The number of carbonyl (C=O) groups is 2. The Morgan fingerprint density at radius 3 is 1.25 bits per heavy atom. The first-order valence-corrected chi connectivity index (χ1v) is 12.8. The summed E-state index contributed by atoms with van der Waals surface area (Å²) >= 11 is 0. The fraction of sp³-hybridized carbons (Fsp3) is 0.714. The van der Waals surface area contributed by atoms with Crippen LogP contribution in [0.15, 0.2) is 24.2 Å². The standard InChI is InChI=1S/C28H46O4/c1-3-5-7-9-11-13-15-19-23-31-27(29)25-21-17-18-22-26(25)28(30)32-24-20-16-14-12-10-8-6-4-2/h17-18,21-22H,3-16,19-20,23-24H2,1-2H3/i17D,18D,21D,22D. The first kappa shape index (κ1) is 22.0. The van der Waals surface area contributed by atoms with Crippen molar-refractivity contribution in [2.45, 2.75) is 117 Å². The third-order valence-electron chi connectivity index (χ3n) is 5.56. The summed E-state index contributed by atoms with van der Waals surface area (Å²) in [5.74, 6) is -1.83. The van der Waals surface area contributed by atoms with E-state index >= 15 is 0 Å². The van der Waals surface area contributed by atoms with Crippen LogP contribution in [0.5, 0.6) is 0 Å². The lowest BCUT2D eigenvalue weighted by Gasteiger charge is -2.10. The van der Waals surface area contributed by atoms with Gasteiger partial charge in [0, 0.05) is 0 Å². The van der Waals surface area contributed by atoms with Gasteiger partial charge in [0.15, 0.2) is 0 Å². The van der Waals surface area contributed by atoms with E-state index in [1.165, 1.54) is 51.4 Å². The number of esters is 2. The first-order valence-electron chi connectivity index (χ1n) is 14.8. The molecule has 0 fully saturated rings. The Bertz CT molecular complexity index is 733. The highest BCUT2D eigenvalue weighted by Gasteiger charge is 2.18. The van der Waals surface area contributed by atoms with E-state index < -0.39 is 47.2 Å². The molecule has 0 saturated heterocycles. The minimum absolute atomic E-state index is 0.142. The third kappa shape index (κ3) is 13.5. The molecule has 0 heterocycles. The van der Waals surface area contributed by atoms with Crippen LogP contribution in [0.1, 0.15) is 143 Å². The number of benzene rings is 1. The van der Waals surface area contributed by atoms with Crippen molar-refractivity contribution >= 4 is 11.9 Å². The summed E-state index contributed by atoms with van der Waals surface area (Å²) < 4.78 is 42.7. The molecule has 0 aliphatic rings. The summed E-state index contributed by atoms with van der Waals surface area (Å²) in [5, 5.41) is 0. The molecule has 4 heteroatoms. The van der Waals surface area contributed by atoms with Gasteiger partial charge in [-0.2, -0.15) is 0 Å². The molecular weight excluding hydrogens is 400 g/mol. The predicted octanol–water partition coefficient (Wildman–Crippen LogP) is 8.28. The van der Waals surface area contributed by atoms with Crippen molar-refractivity contribution in [2.24, 2.45) is 0 Å². The molecule has 0 saturated carbocycles. The quantitative estimate of drug-likeness (QED) is 0.148. The van der Waals surface area contributed by atoms with Crippen LogP contribution in [0.3, 0.4) is 0 Å². The molecule has 0 bridgehead atoms. The molecule has 0 radical (unpaired) electrons. The fourth-order valence-electron chi connectivity index (χ4n) is 3.56. The van der Waals surface area contributed by atoms with Crippen molar-refractivity contribution < 1.29 is 24.5 Å². The second-order valence-corrected chi connectivity index (χ2v) is 8.47. The minimum Gasteiger partial charge on any atom is -0.462 e. The van der Waals surface area contributed by atoms with Crippen LogP contribution < -0.4 is 0 Å². The Balaban J connectivity index is 2.62. The molecule has 0 unspecified atom stereocenters. The summed E-state index contributed by atoms with van der Waals surface area (Å²) in [4.78, 5) is 25.5. The van der Waals surface area contributed by atoms with Gasteiger partial charge in [-0.25, -0.2) is 9.59 Å². The number of hydrogen-bond acceptors (Lipinski definition) is 4. The molecule has 0 N–H and O–H groups in total. The van der Waals surface area contributed by atoms with Crippen LogP contribution in [0.4, 0.5) is 0 Å². The second-order valence-electron chi connectivity index (χ2n) is 8.47. The molecule has 1 rings (SSSR count). The molecule has 0 aliphatic carbocycles. The highest BCUT2D eigenvalue weighted by molar-refractivity contribution is 6.03. The average molecular weight is 451 g/mol. The molecule has 182 valence electrons. The van der Waals surface area contributed by atoms with Gasteiger partial charge in [0.1, 0.15) is 0 Å². The molecule has 1 aromatic carbocycles. The molecule has 0 amide bonds. The van der Waals surface area contributed by atoms with E-state index in [9.17, 15) is 9.59 Å². The van der Waals surface area contributed by atoms with Gasteiger partial charge in [-0.15, -0.1) is 0 Å². The van der Waals surface area contributed by atoms with Crippen LogP contribution in [0, 0.1) is 0 Å². The van der Waals surface area contributed by atoms with Gasteiger partial charge in [0.25, 0.3) is 0 Å². The van der Waals surface area contributed by atoms with Crippen LogP contribution in [-0.2, 0) is 9.47 Å². The summed E-state index contributed by atoms with van der Waals surface area (Å²) in [5.41, 5.74) is -0.886. The summed E-state index contributed by atoms with van der Waals surface area (Å²) in [7, 11) is 0. The van der Waals surface area contributed by atoms with Crippen LogP contribution in [0.25, 0.3) is 0 Å². The normalized spacial score (nSPS) is 12.6. The number of rotatable bonds is 20. The second kappa shape index (κ2) is 19.8. The van der Waals surface area contributed by atoms with E-state index in [0.717, 1.165) is 38.5 Å². The molecule has 0 aliphatic heterocycles. The van der Waals surface area contributed by atoms with E-state index in [4.69, 9.17) is 15.0 Å². The molecule has 4 nitrogen and oxygen atoms in total. The summed E-state index contributed by atoms with van der Waals surface area (Å²) in [6.45, 7) is 4.65. The van der Waals surface area contributed by atoms with E-state index in [2.05, 4.69) is 13.8 Å². The van der Waals surface area contributed by atoms with E-state index in [1.54, 1.807) is 0 Å². The largest absolute Gasteiger partial charge is 0.462 e. The van der Waals surface area contributed by atoms with E-state index in [0.29, 0.717) is 12.8 Å². The zero-order valence-electron chi connectivity index (χ0n) is 24.4. The molecule has 0 spiro atoms. The van der Waals surface area contributed by atoms with Gasteiger partial charge in [-0.1, -0.05) is 116 Å². The van der Waals surface area contributed by atoms with Crippen LogP contribution >= 0.6 is 0 Å². The van der Waals surface area contributed by atoms with Gasteiger partial charge in [0.05, 0.1) is 29.8 Å². The fourth-order valence-corrected chi connectivity index (χ4v) is 3.56. The monoisotopic (exact) mass is 450 g/mol. The summed E-state index contributed by atoms with van der Waals surface area (Å²) in [6, 6.07) is -2.29. The highest BCUT2D eigenvalue weighted by atomic mass is 16.5. The maximum absolute atomic E-state index is 12.8. The Labute approximate surface area is 202 Å². The first-order chi connectivity index (χ1) is 17.4. The van der Waals surface area contributed by atoms with Gasteiger partial charge < -0.3 is 9.47 Å². The highest BCUT2D eigenvalue weighted by Crippen LogP contribution is 2.14. The SMILES string of the molecule is [2H]c1c([2H])c([2H])c(C(=O)OCCCCCCCCCC)c(C(=O)OCCCCCCCCCC)c1[2H]. The lowest BCUT2D eigenvalue weighted by molar-refractivity contribution is 0.0450. The van der Waals surface area contributed by atoms with Gasteiger partial charge in [-0.3, -0.25) is 0 Å². The van der Waals surface area contributed by atoms with E-state index in [-0.39, 0.29) is 13.2 Å². The predicted molar refractivity (Wildman–Crippen MR) is 132 cm³/mol. The molecule has 0 aromatic heterocycles. The summed E-state index contributed by atoms with van der Waals surface area (Å²) in [6.07, 6.45) is 17.4. The van der Waals surface area contributed by atoms with Gasteiger partial charge in [0.2, 0.25) is 0 Å².